The number of amidine groups is 1. The van der Waals surface area contributed by atoms with E-state index in [-0.39, 0.29) is 12.1 Å². The smallest absolute Gasteiger partial charge is 0.319 e. The Kier molecular flexibility index (Phi) is 5.76. The third kappa shape index (κ3) is 4.51. The Morgan fingerprint density at radius 1 is 1.00 bits per heavy atom. The van der Waals surface area contributed by atoms with Gasteiger partial charge in [-0.25, -0.2) is 9.79 Å². The number of rotatable bonds is 2. The zero-order valence-corrected chi connectivity index (χ0v) is 17.6. The van der Waals surface area contributed by atoms with E-state index >= 15 is 0 Å². The zero-order valence-electron chi connectivity index (χ0n) is 17.6. The molecule has 2 aliphatic heterocycles. The van der Waals surface area contributed by atoms with Crippen LogP contribution in [0.4, 0.5) is 16.2 Å². The highest BCUT2D eigenvalue weighted by atomic mass is 16.5. The number of ether oxygens (including phenoxy) is 2. The van der Waals surface area contributed by atoms with Gasteiger partial charge < -0.3 is 25.0 Å². The molecule has 2 fully saturated rings. The van der Waals surface area contributed by atoms with Gasteiger partial charge in [0, 0.05) is 24.8 Å². The van der Waals surface area contributed by atoms with Gasteiger partial charge in [0.15, 0.2) is 5.75 Å². The van der Waals surface area contributed by atoms with Gasteiger partial charge in [-0.2, -0.15) is 0 Å². The summed E-state index contributed by atoms with van der Waals surface area (Å²) in [5.41, 5.74) is 2.39. The van der Waals surface area contributed by atoms with E-state index in [0.717, 1.165) is 60.2 Å². The molecular weight excluding hydrogens is 392 g/mol. The number of urea groups is 1. The maximum Gasteiger partial charge on any atom is 0.319 e. The Hall–Kier alpha value is -3.06. The van der Waals surface area contributed by atoms with Gasteiger partial charge in [-0.1, -0.05) is 31.4 Å². The van der Waals surface area contributed by atoms with Crippen molar-refractivity contribution < 1.29 is 14.3 Å². The van der Waals surface area contributed by atoms with E-state index in [1.165, 1.54) is 19.3 Å². The monoisotopic (exact) mass is 420 g/mol. The molecule has 2 N–H and O–H groups in total. The van der Waals surface area contributed by atoms with Crippen LogP contribution in [0.5, 0.6) is 11.5 Å². The first-order valence-electron chi connectivity index (χ1n) is 11.2. The van der Waals surface area contributed by atoms with Crippen molar-refractivity contribution in [3.05, 3.63) is 48.0 Å². The number of para-hydroxylation sites is 2. The molecule has 5 rings (SSSR count). The Bertz CT molecular complexity index is 979. The summed E-state index contributed by atoms with van der Waals surface area (Å²) < 4.78 is 11.7. The van der Waals surface area contributed by atoms with Gasteiger partial charge in [0.05, 0.1) is 18.8 Å². The second-order valence-corrected chi connectivity index (χ2v) is 8.25. The zero-order chi connectivity index (χ0) is 21.0. The largest absolute Gasteiger partial charge is 0.454 e. The van der Waals surface area contributed by atoms with Gasteiger partial charge in [-0.3, -0.25) is 0 Å². The van der Waals surface area contributed by atoms with Crippen LogP contribution in [0, 0.1) is 0 Å². The Balaban J connectivity index is 1.43. The number of morpholine rings is 1. The van der Waals surface area contributed by atoms with E-state index in [0.29, 0.717) is 13.2 Å². The molecule has 2 heterocycles. The topological polar surface area (TPSA) is 75.2 Å². The van der Waals surface area contributed by atoms with Crippen LogP contribution in [0.2, 0.25) is 0 Å². The number of nitrogens with one attached hydrogen (secondary N) is 2. The minimum atomic E-state index is -0.158. The van der Waals surface area contributed by atoms with Gasteiger partial charge in [0.1, 0.15) is 17.3 Å². The third-order valence-electron chi connectivity index (χ3n) is 6.04. The molecule has 7 nitrogen and oxygen atoms in total. The van der Waals surface area contributed by atoms with Crippen LogP contribution in [0.25, 0.3) is 0 Å². The summed E-state index contributed by atoms with van der Waals surface area (Å²) in [4.78, 5) is 19.7. The molecule has 0 atom stereocenters. The summed E-state index contributed by atoms with van der Waals surface area (Å²) in [7, 11) is 0. The van der Waals surface area contributed by atoms with Gasteiger partial charge >= 0.3 is 6.03 Å². The second-order valence-electron chi connectivity index (χ2n) is 8.25. The second kappa shape index (κ2) is 8.98. The first-order chi connectivity index (χ1) is 15.3. The number of anilines is 1. The fourth-order valence-corrected chi connectivity index (χ4v) is 4.42. The van der Waals surface area contributed by atoms with Crippen molar-refractivity contribution in [3.8, 4) is 11.5 Å². The van der Waals surface area contributed by atoms with Crippen molar-refractivity contribution in [1.82, 2.24) is 10.2 Å². The molecule has 1 saturated carbocycles. The number of fused-ring (bicyclic) bond motifs is 2. The molecule has 0 unspecified atom stereocenters. The number of amides is 2. The predicted octanol–water partition coefficient (Wildman–Crippen LogP) is 4.66. The van der Waals surface area contributed by atoms with Gasteiger partial charge in [-0.05, 0) is 43.2 Å². The summed E-state index contributed by atoms with van der Waals surface area (Å²) in [5, 5.41) is 6.11. The lowest BCUT2D eigenvalue weighted by molar-refractivity contribution is 0.0683. The maximum absolute atomic E-state index is 12.6. The van der Waals surface area contributed by atoms with Crippen LogP contribution >= 0.6 is 0 Å². The fraction of sp³-hybridized carbons (Fsp3) is 0.417. The molecule has 3 aliphatic rings. The summed E-state index contributed by atoms with van der Waals surface area (Å²) in [6, 6.07) is 13.6. The molecule has 31 heavy (non-hydrogen) atoms. The van der Waals surface area contributed by atoms with Crippen molar-refractivity contribution in [2.75, 3.05) is 31.6 Å². The van der Waals surface area contributed by atoms with Crippen molar-refractivity contribution in [3.63, 3.8) is 0 Å². The van der Waals surface area contributed by atoms with Crippen LogP contribution in [0.3, 0.4) is 0 Å². The molecule has 7 heteroatoms. The normalized spacial score (nSPS) is 18.7. The highest BCUT2D eigenvalue weighted by molar-refractivity contribution is 6.05. The Morgan fingerprint density at radius 3 is 2.65 bits per heavy atom. The molecule has 1 aliphatic carbocycles. The van der Waals surface area contributed by atoms with E-state index in [9.17, 15) is 4.79 Å². The Labute approximate surface area is 182 Å². The van der Waals surface area contributed by atoms with E-state index in [2.05, 4.69) is 15.5 Å². The third-order valence-corrected chi connectivity index (χ3v) is 6.04. The summed E-state index contributed by atoms with van der Waals surface area (Å²) >= 11 is 0. The average Bonchev–Trinajstić information content (AvgIpc) is 2.97. The van der Waals surface area contributed by atoms with Crippen LogP contribution in [-0.2, 0) is 4.74 Å². The number of carbonyl (C=O) groups is 1. The number of benzene rings is 2. The molecule has 0 spiro atoms. The average molecular weight is 421 g/mol. The lowest BCUT2D eigenvalue weighted by Gasteiger charge is -2.30. The summed E-state index contributed by atoms with van der Waals surface area (Å²) in [6.07, 6.45) is 5.73. The predicted molar refractivity (Wildman–Crippen MR) is 121 cm³/mol. The van der Waals surface area contributed by atoms with Crippen molar-refractivity contribution in [2.24, 2.45) is 4.99 Å². The Morgan fingerprint density at radius 2 is 1.81 bits per heavy atom. The molecular formula is C24H28N4O3. The van der Waals surface area contributed by atoms with Crippen molar-refractivity contribution in [2.45, 2.75) is 38.1 Å². The van der Waals surface area contributed by atoms with Gasteiger partial charge in [-0.15, -0.1) is 0 Å². The molecule has 2 amide bonds. The highest BCUT2D eigenvalue weighted by Gasteiger charge is 2.25. The standard InChI is InChI=1S/C24H28N4O3/c29-24(25-17-6-2-1-3-7-17)26-18-10-11-21-19(16-18)23(28-12-14-30-15-13-28)27-20-8-4-5-9-22(20)31-21/h4-5,8-11,16-17H,1-3,6-7,12-15H2,(H2,25,26,29). The van der Waals surface area contributed by atoms with Crippen molar-refractivity contribution >= 4 is 23.2 Å². The maximum atomic E-state index is 12.6. The highest BCUT2D eigenvalue weighted by Crippen LogP contribution is 2.39. The van der Waals surface area contributed by atoms with E-state index in [4.69, 9.17) is 14.5 Å². The van der Waals surface area contributed by atoms with E-state index in [1.807, 2.05) is 42.5 Å². The van der Waals surface area contributed by atoms with Crippen LogP contribution in [-0.4, -0.2) is 49.1 Å². The number of hydrogen-bond acceptors (Lipinski definition) is 5. The van der Waals surface area contributed by atoms with Gasteiger partial charge in [0.2, 0.25) is 0 Å². The lowest BCUT2D eigenvalue weighted by atomic mass is 9.96. The molecule has 0 aromatic heterocycles. The first-order valence-corrected chi connectivity index (χ1v) is 11.2. The van der Waals surface area contributed by atoms with Gasteiger partial charge in [0.25, 0.3) is 0 Å². The van der Waals surface area contributed by atoms with Crippen LogP contribution in [0.1, 0.15) is 37.7 Å². The quantitative estimate of drug-likeness (QED) is 0.741. The molecule has 2 aromatic rings. The SMILES string of the molecule is O=C(Nc1ccc2c(c1)C(N1CCOCC1)=Nc1ccccc1O2)NC1CCCCC1. The molecule has 0 bridgehead atoms. The minimum absolute atomic E-state index is 0.158. The molecule has 2 aromatic carbocycles. The number of carbonyl (C=O) groups excluding carboxylic acids is 1. The first kappa shape index (κ1) is 19.9. The molecule has 162 valence electrons. The van der Waals surface area contributed by atoms with Crippen molar-refractivity contribution in [1.29, 1.82) is 0 Å². The number of nitrogens with zero attached hydrogens (tertiary/aromatic N) is 2. The lowest BCUT2D eigenvalue weighted by Crippen LogP contribution is -2.41. The summed E-state index contributed by atoms with van der Waals surface area (Å²) in [5.74, 6) is 2.30. The van der Waals surface area contributed by atoms with Crippen LogP contribution < -0.4 is 15.4 Å². The fourth-order valence-electron chi connectivity index (χ4n) is 4.42. The van der Waals surface area contributed by atoms with E-state index in [1.54, 1.807) is 0 Å². The van der Waals surface area contributed by atoms with Crippen LogP contribution in [0.15, 0.2) is 47.5 Å². The minimum Gasteiger partial charge on any atom is -0.454 e. The molecule has 1 saturated heterocycles. The van der Waals surface area contributed by atoms with E-state index < -0.39 is 0 Å². The number of aliphatic imine (C=N–C) groups is 1. The number of hydrogen-bond donors (Lipinski definition) is 2. The summed E-state index contributed by atoms with van der Waals surface area (Å²) in [6.45, 7) is 2.86. The molecule has 0 radical (unpaired) electrons.